The average Bonchev–Trinajstić information content (AvgIpc) is 3.05. The number of hydrogen-bond acceptors (Lipinski definition) is 4. The summed E-state index contributed by atoms with van der Waals surface area (Å²) in [4.78, 5) is 6.31. The van der Waals surface area contributed by atoms with Crippen LogP contribution in [-0.4, -0.2) is 33.1 Å². The Kier molecular flexibility index (Phi) is 3.77. The highest BCUT2D eigenvalue weighted by molar-refractivity contribution is 5.77. The number of furan rings is 1. The third kappa shape index (κ3) is 2.99. The van der Waals surface area contributed by atoms with Crippen molar-refractivity contribution in [2.24, 2.45) is 7.05 Å². The number of aliphatic hydroxyl groups excluding tert-OH is 1. The van der Waals surface area contributed by atoms with Crippen LogP contribution in [0, 0.1) is 0 Å². The Balaban J connectivity index is 1.67. The molecule has 0 saturated heterocycles. The highest BCUT2D eigenvalue weighted by atomic mass is 16.4. The van der Waals surface area contributed by atoms with Crippen LogP contribution in [-0.2, 0) is 13.6 Å². The van der Waals surface area contributed by atoms with Crippen molar-refractivity contribution in [2.45, 2.75) is 12.6 Å². The quantitative estimate of drug-likeness (QED) is 0.781. The number of aliphatic hydroxyl groups is 1. The summed E-state index contributed by atoms with van der Waals surface area (Å²) < 4.78 is 7.67. The van der Waals surface area contributed by atoms with Crippen LogP contribution in [0.2, 0.25) is 0 Å². The van der Waals surface area contributed by atoms with E-state index in [1.807, 2.05) is 60.1 Å². The maximum atomic E-state index is 10.3. The lowest BCUT2D eigenvalue weighted by Gasteiger charge is -2.19. The Morgan fingerprint density at radius 1 is 1.38 bits per heavy atom. The number of hydrogen-bond donors (Lipinski definition) is 1. The molecule has 5 heteroatoms. The minimum absolute atomic E-state index is 0.493. The molecule has 0 aliphatic heterocycles. The molecule has 0 spiro atoms. The number of rotatable bonds is 5. The normalized spacial score (nSPS) is 13.1. The smallest absolute Gasteiger partial charge is 0.135 e. The monoisotopic (exact) mass is 285 g/mol. The number of nitrogens with zero attached hydrogens (tertiary/aromatic N) is 3. The van der Waals surface area contributed by atoms with Crippen molar-refractivity contribution < 1.29 is 9.52 Å². The van der Waals surface area contributed by atoms with E-state index in [0.717, 1.165) is 16.8 Å². The summed E-state index contributed by atoms with van der Waals surface area (Å²) in [6, 6.07) is 9.67. The number of imidazole rings is 1. The van der Waals surface area contributed by atoms with E-state index >= 15 is 0 Å². The van der Waals surface area contributed by atoms with Gasteiger partial charge in [0.2, 0.25) is 0 Å². The number of likely N-dealkylation sites (N-methyl/N-ethyl adjacent to an activating group) is 1. The maximum Gasteiger partial charge on any atom is 0.135 e. The van der Waals surface area contributed by atoms with E-state index in [0.29, 0.717) is 18.8 Å². The molecule has 2 aromatic heterocycles. The van der Waals surface area contributed by atoms with Gasteiger partial charge in [-0.15, -0.1) is 0 Å². The minimum Gasteiger partial charge on any atom is -0.458 e. The molecule has 0 aliphatic carbocycles. The average molecular weight is 285 g/mol. The molecule has 110 valence electrons. The van der Waals surface area contributed by atoms with Crippen LogP contribution in [0.5, 0.6) is 0 Å². The van der Waals surface area contributed by atoms with E-state index in [9.17, 15) is 5.11 Å². The summed E-state index contributed by atoms with van der Waals surface area (Å²) in [6.45, 7) is 1.17. The number of fused-ring (bicyclic) bond motifs is 1. The van der Waals surface area contributed by atoms with Gasteiger partial charge in [-0.05, 0) is 19.2 Å². The van der Waals surface area contributed by atoms with E-state index in [1.54, 1.807) is 6.20 Å². The van der Waals surface area contributed by atoms with Gasteiger partial charge in [0, 0.05) is 31.4 Å². The van der Waals surface area contributed by atoms with Crippen LogP contribution in [0.1, 0.15) is 17.7 Å². The highest BCUT2D eigenvalue weighted by Gasteiger charge is 2.16. The molecule has 1 aromatic carbocycles. The first-order valence-corrected chi connectivity index (χ1v) is 6.95. The zero-order valence-electron chi connectivity index (χ0n) is 12.2. The zero-order valence-corrected chi connectivity index (χ0v) is 12.2. The third-order valence-electron chi connectivity index (χ3n) is 3.59. The second-order valence-corrected chi connectivity index (χ2v) is 5.35. The van der Waals surface area contributed by atoms with E-state index < -0.39 is 6.10 Å². The summed E-state index contributed by atoms with van der Waals surface area (Å²) in [5.74, 6) is 1.57. The molecule has 1 N–H and O–H groups in total. The summed E-state index contributed by atoms with van der Waals surface area (Å²) in [7, 11) is 3.92. The summed E-state index contributed by atoms with van der Waals surface area (Å²) in [5.41, 5.74) is 0.804. The van der Waals surface area contributed by atoms with Crippen molar-refractivity contribution in [3.63, 3.8) is 0 Å². The van der Waals surface area contributed by atoms with Gasteiger partial charge >= 0.3 is 0 Å². The second kappa shape index (κ2) is 5.71. The van der Waals surface area contributed by atoms with E-state index in [4.69, 9.17) is 4.42 Å². The number of benzene rings is 1. The fraction of sp³-hybridized carbons (Fsp3) is 0.312. The molecule has 0 bridgehead atoms. The van der Waals surface area contributed by atoms with Gasteiger partial charge in [0.15, 0.2) is 0 Å². The lowest BCUT2D eigenvalue weighted by Crippen LogP contribution is -2.25. The van der Waals surface area contributed by atoms with Crippen LogP contribution < -0.4 is 0 Å². The van der Waals surface area contributed by atoms with Crippen LogP contribution in [0.25, 0.3) is 11.0 Å². The second-order valence-electron chi connectivity index (χ2n) is 5.35. The van der Waals surface area contributed by atoms with Crippen molar-refractivity contribution in [1.82, 2.24) is 14.5 Å². The first kappa shape index (κ1) is 13.9. The van der Waals surface area contributed by atoms with E-state index in [2.05, 4.69) is 4.98 Å². The highest BCUT2D eigenvalue weighted by Crippen LogP contribution is 2.24. The third-order valence-corrected chi connectivity index (χ3v) is 3.59. The van der Waals surface area contributed by atoms with Gasteiger partial charge in [-0.1, -0.05) is 18.2 Å². The van der Waals surface area contributed by atoms with Gasteiger partial charge < -0.3 is 14.1 Å². The van der Waals surface area contributed by atoms with Gasteiger partial charge in [0.25, 0.3) is 0 Å². The largest absolute Gasteiger partial charge is 0.458 e. The van der Waals surface area contributed by atoms with Crippen molar-refractivity contribution in [1.29, 1.82) is 0 Å². The first-order valence-electron chi connectivity index (χ1n) is 6.95. The molecule has 0 radical (unpaired) electrons. The van der Waals surface area contributed by atoms with Crippen LogP contribution in [0.3, 0.4) is 0 Å². The van der Waals surface area contributed by atoms with Crippen molar-refractivity contribution in [3.05, 3.63) is 54.3 Å². The predicted octanol–water partition coefficient (Wildman–Crippen LogP) is 2.33. The number of aryl methyl sites for hydroxylation is 1. The van der Waals surface area contributed by atoms with Crippen LogP contribution in [0.4, 0.5) is 0 Å². The molecule has 5 nitrogen and oxygen atoms in total. The van der Waals surface area contributed by atoms with Crippen molar-refractivity contribution >= 4 is 11.0 Å². The Hall–Kier alpha value is -2.11. The van der Waals surface area contributed by atoms with Gasteiger partial charge in [0.1, 0.15) is 23.3 Å². The molecule has 0 aliphatic rings. The Bertz CT molecular complexity index is 699. The molecule has 2 heterocycles. The van der Waals surface area contributed by atoms with Gasteiger partial charge in [-0.25, -0.2) is 4.98 Å². The molecule has 1 unspecified atom stereocenters. The standard InChI is InChI=1S/C16H19N3O2/c1-18(11-16-17-7-8-19(16)2)10-13(20)15-9-12-5-3-4-6-14(12)21-15/h3-9,13,20H,10-11H2,1-2H3. The molecule has 3 aromatic rings. The zero-order chi connectivity index (χ0) is 14.8. The summed E-state index contributed by atoms with van der Waals surface area (Å²) in [5, 5.41) is 11.3. The fourth-order valence-electron chi connectivity index (χ4n) is 2.41. The number of para-hydroxylation sites is 1. The lowest BCUT2D eigenvalue weighted by atomic mass is 10.2. The Labute approximate surface area is 123 Å². The fourth-order valence-corrected chi connectivity index (χ4v) is 2.41. The summed E-state index contributed by atoms with van der Waals surface area (Å²) >= 11 is 0. The lowest BCUT2D eigenvalue weighted by molar-refractivity contribution is 0.103. The summed E-state index contributed by atoms with van der Waals surface area (Å²) in [6.07, 6.45) is 3.04. The maximum absolute atomic E-state index is 10.3. The predicted molar refractivity (Wildman–Crippen MR) is 80.7 cm³/mol. The molecular weight excluding hydrogens is 266 g/mol. The molecule has 3 rings (SSSR count). The molecule has 1 atom stereocenters. The van der Waals surface area contributed by atoms with Crippen LogP contribution >= 0.6 is 0 Å². The van der Waals surface area contributed by atoms with Crippen LogP contribution in [0.15, 0.2) is 47.1 Å². The minimum atomic E-state index is -0.650. The first-order chi connectivity index (χ1) is 10.1. The van der Waals surface area contributed by atoms with E-state index in [1.165, 1.54) is 0 Å². The number of aromatic nitrogens is 2. The Morgan fingerprint density at radius 2 is 2.19 bits per heavy atom. The molecule has 0 saturated carbocycles. The van der Waals surface area contributed by atoms with Gasteiger partial charge in [0.05, 0.1) is 6.54 Å². The molecular formula is C16H19N3O2. The molecule has 0 fully saturated rings. The molecule has 0 amide bonds. The molecule has 21 heavy (non-hydrogen) atoms. The van der Waals surface area contributed by atoms with E-state index in [-0.39, 0.29) is 0 Å². The SMILES string of the molecule is CN(Cc1nccn1C)CC(O)c1cc2ccccc2o1. The van der Waals surface area contributed by atoms with Crippen molar-refractivity contribution in [3.8, 4) is 0 Å². The van der Waals surface area contributed by atoms with Crippen molar-refractivity contribution in [2.75, 3.05) is 13.6 Å². The van der Waals surface area contributed by atoms with Gasteiger partial charge in [-0.3, -0.25) is 4.90 Å². The Morgan fingerprint density at radius 3 is 2.90 bits per heavy atom. The topological polar surface area (TPSA) is 54.4 Å². The van der Waals surface area contributed by atoms with Gasteiger partial charge in [-0.2, -0.15) is 0 Å².